The van der Waals surface area contributed by atoms with Gasteiger partial charge in [-0.2, -0.15) is 0 Å². The number of ether oxygens (including phenoxy) is 1. The Morgan fingerprint density at radius 2 is 1.75 bits per heavy atom. The van der Waals surface area contributed by atoms with Gasteiger partial charge in [-0.05, 0) is 36.8 Å². The van der Waals surface area contributed by atoms with Crippen LogP contribution in [0.3, 0.4) is 0 Å². The first-order valence-electron chi connectivity index (χ1n) is 9.74. The molecule has 2 N–H and O–H groups in total. The van der Waals surface area contributed by atoms with Crippen LogP contribution in [0.25, 0.3) is 0 Å². The Balaban J connectivity index is 1.97. The van der Waals surface area contributed by atoms with E-state index in [2.05, 4.69) is 0 Å². The molecular formula is C24H22O7S. The molecule has 0 saturated heterocycles. The van der Waals surface area contributed by atoms with Crippen LogP contribution < -0.4 is 5.43 Å². The molecule has 0 aliphatic carbocycles. The quantitative estimate of drug-likeness (QED) is 0.382. The number of aryl methyl sites for hydroxylation is 1. The molecule has 0 aliphatic heterocycles. The van der Waals surface area contributed by atoms with Crippen LogP contribution in [0.15, 0.2) is 68.7 Å². The topological polar surface area (TPSA) is 114 Å². The number of aromatic hydroxyl groups is 1. The molecule has 0 amide bonds. The summed E-state index contributed by atoms with van der Waals surface area (Å²) in [6.45, 7) is 1.99. The fourth-order valence-corrected chi connectivity index (χ4v) is 3.90. The van der Waals surface area contributed by atoms with Gasteiger partial charge in [0, 0.05) is 11.0 Å². The van der Waals surface area contributed by atoms with Crippen LogP contribution in [0, 0.1) is 6.92 Å². The normalized spacial score (nSPS) is 11.7. The minimum Gasteiger partial charge on any atom is -0.502 e. The number of carbonyl (C=O) groups is 2. The lowest BCUT2D eigenvalue weighted by molar-refractivity contribution is -0.140. The molecule has 7 nitrogen and oxygen atoms in total. The Morgan fingerprint density at radius 3 is 2.34 bits per heavy atom. The summed E-state index contributed by atoms with van der Waals surface area (Å²) in [4.78, 5) is 36.6. The van der Waals surface area contributed by atoms with Crippen molar-refractivity contribution in [2.24, 2.45) is 0 Å². The Labute approximate surface area is 188 Å². The number of carbonyl (C=O) groups excluding carboxylic acids is 1. The van der Waals surface area contributed by atoms with Crippen LogP contribution >= 0.6 is 11.8 Å². The standard InChI is InChI=1S/C24H22O7S/c1-14-3-9-18(10-4-14)32-13-17-11-20(25)22(27)23(31-17)19(12-21(26)30-2)15-5-7-16(8-6-15)24(28)29/h3-11,19,27H,12-13H2,1-2H3,(H,28,29)/t19-/m0/s1. The van der Waals surface area contributed by atoms with Crippen molar-refractivity contribution in [2.45, 2.75) is 29.9 Å². The first-order valence-corrected chi connectivity index (χ1v) is 10.7. The van der Waals surface area contributed by atoms with Crippen molar-refractivity contribution in [3.8, 4) is 5.75 Å². The van der Waals surface area contributed by atoms with E-state index in [4.69, 9.17) is 14.3 Å². The maximum atomic E-state index is 12.4. The molecular weight excluding hydrogens is 432 g/mol. The van der Waals surface area contributed by atoms with E-state index in [1.807, 2.05) is 31.2 Å². The lowest BCUT2D eigenvalue weighted by Gasteiger charge is -2.17. The number of carboxylic acids is 1. The fraction of sp³-hybridized carbons (Fsp3) is 0.208. The summed E-state index contributed by atoms with van der Waals surface area (Å²) in [5.41, 5.74) is 1.08. The molecule has 3 aromatic rings. The number of esters is 1. The monoisotopic (exact) mass is 454 g/mol. The third-order valence-corrected chi connectivity index (χ3v) is 5.91. The van der Waals surface area contributed by atoms with Gasteiger partial charge >= 0.3 is 11.9 Å². The number of hydrogen-bond donors (Lipinski definition) is 2. The minimum absolute atomic E-state index is 0.0644. The Kier molecular flexibility index (Phi) is 7.37. The SMILES string of the molecule is COC(=O)C[C@@H](c1ccc(C(=O)O)cc1)c1oc(CSc2ccc(C)cc2)cc(=O)c1O. The zero-order valence-electron chi connectivity index (χ0n) is 17.5. The van der Waals surface area contributed by atoms with Gasteiger partial charge in [0.1, 0.15) is 5.76 Å². The lowest BCUT2D eigenvalue weighted by Crippen LogP contribution is -2.14. The molecule has 0 radical (unpaired) electrons. The zero-order chi connectivity index (χ0) is 23.3. The summed E-state index contributed by atoms with van der Waals surface area (Å²) < 4.78 is 10.6. The third kappa shape index (κ3) is 5.59. The van der Waals surface area contributed by atoms with Crippen molar-refractivity contribution in [1.82, 2.24) is 0 Å². The largest absolute Gasteiger partial charge is 0.502 e. The summed E-state index contributed by atoms with van der Waals surface area (Å²) >= 11 is 1.47. The molecule has 0 spiro atoms. The maximum Gasteiger partial charge on any atom is 0.335 e. The van der Waals surface area contributed by atoms with Crippen LogP contribution in [-0.4, -0.2) is 29.3 Å². The van der Waals surface area contributed by atoms with Crippen LogP contribution in [0.5, 0.6) is 5.75 Å². The summed E-state index contributed by atoms with van der Waals surface area (Å²) in [6.07, 6.45) is -0.200. The van der Waals surface area contributed by atoms with Gasteiger partial charge in [0.25, 0.3) is 0 Å². The molecule has 0 unspecified atom stereocenters. The van der Waals surface area contributed by atoms with Crippen molar-refractivity contribution >= 4 is 23.7 Å². The molecule has 1 heterocycles. The van der Waals surface area contributed by atoms with Crippen LogP contribution in [0.2, 0.25) is 0 Å². The average molecular weight is 455 g/mol. The molecule has 166 valence electrons. The van der Waals surface area contributed by atoms with E-state index in [-0.39, 0.29) is 17.7 Å². The number of carboxylic acid groups (broad SMARTS) is 1. The smallest absolute Gasteiger partial charge is 0.335 e. The molecule has 0 aliphatic rings. The Hall–Kier alpha value is -3.52. The molecule has 1 aromatic heterocycles. The summed E-state index contributed by atoms with van der Waals surface area (Å²) in [5.74, 6) is -2.47. The third-order valence-electron chi connectivity index (χ3n) is 4.88. The van der Waals surface area contributed by atoms with E-state index in [9.17, 15) is 19.5 Å². The van der Waals surface area contributed by atoms with Crippen LogP contribution in [0.4, 0.5) is 0 Å². The second kappa shape index (κ2) is 10.2. The van der Waals surface area contributed by atoms with Crippen LogP contribution in [0.1, 0.15) is 45.3 Å². The van der Waals surface area contributed by atoms with Gasteiger partial charge < -0.3 is 19.4 Å². The molecule has 2 aromatic carbocycles. The van der Waals surface area contributed by atoms with E-state index < -0.39 is 29.0 Å². The Bertz CT molecular complexity index is 1160. The van der Waals surface area contributed by atoms with Crippen molar-refractivity contribution < 1.29 is 29.0 Å². The van der Waals surface area contributed by atoms with E-state index in [0.717, 1.165) is 10.5 Å². The molecule has 0 bridgehead atoms. The number of hydrogen-bond acceptors (Lipinski definition) is 7. The van der Waals surface area contributed by atoms with Crippen LogP contribution in [-0.2, 0) is 15.3 Å². The summed E-state index contributed by atoms with van der Waals surface area (Å²) in [6, 6.07) is 14.9. The summed E-state index contributed by atoms with van der Waals surface area (Å²) in [5, 5.41) is 19.6. The Morgan fingerprint density at radius 1 is 1.09 bits per heavy atom. The highest BCUT2D eigenvalue weighted by atomic mass is 32.2. The number of thioether (sulfide) groups is 1. The number of methoxy groups -OCH3 is 1. The van der Waals surface area contributed by atoms with Crippen molar-refractivity contribution in [1.29, 1.82) is 0 Å². The molecule has 8 heteroatoms. The van der Waals surface area contributed by atoms with Gasteiger partial charge in [-0.15, -0.1) is 11.8 Å². The molecule has 32 heavy (non-hydrogen) atoms. The molecule has 3 rings (SSSR count). The van der Waals surface area contributed by atoms with E-state index in [1.54, 1.807) is 0 Å². The lowest BCUT2D eigenvalue weighted by atomic mass is 9.91. The summed E-state index contributed by atoms with van der Waals surface area (Å²) in [7, 11) is 1.23. The molecule has 1 atom stereocenters. The first-order chi connectivity index (χ1) is 15.3. The highest BCUT2D eigenvalue weighted by Crippen LogP contribution is 2.34. The molecule has 0 saturated carbocycles. The van der Waals surface area contributed by atoms with Crippen molar-refractivity contribution in [2.75, 3.05) is 7.11 Å². The van der Waals surface area contributed by atoms with Gasteiger partial charge in [0.05, 0.1) is 30.8 Å². The first kappa shape index (κ1) is 23.1. The predicted octanol–water partition coefficient (Wildman–Crippen LogP) is 4.34. The van der Waals surface area contributed by atoms with Crippen molar-refractivity contribution in [3.63, 3.8) is 0 Å². The van der Waals surface area contributed by atoms with E-state index in [0.29, 0.717) is 17.1 Å². The second-order valence-corrected chi connectivity index (χ2v) is 8.20. The van der Waals surface area contributed by atoms with Gasteiger partial charge in [-0.3, -0.25) is 9.59 Å². The van der Waals surface area contributed by atoms with Gasteiger partial charge in [-0.1, -0.05) is 29.8 Å². The predicted molar refractivity (Wildman–Crippen MR) is 119 cm³/mol. The van der Waals surface area contributed by atoms with Gasteiger partial charge in [0.15, 0.2) is 5.76 Å². The second-order valence-electron chi connectivity index (χ2n) is 7.15. The van der Waals surface area contributed by atoms with Gasteiger partial charge in [0.2, 0.25) is 11.2 Å². The number of rotatable bonds is 8. The average Bonchev–Trinajstić information content (AvgIpc) is 2.79. The highest BCUT2D eigenvalue weighted by Gasteiger charge is 2.27. The minimum atomic E-state index is -1.09. The number of benzene rings is 2. The maximum absolute atomic E-state index is 12.4. The number of aromatic carboxylic acids is 1. The van der Waals surface area contributed by atoms with E-state index >= 15 is 0 Å². The molecule has 0 fully saturated rings. The zero-order valence-corrected chi connectivity index (χ0v) is 18.3. The highest BCUT2D eigenvalue weighted by molar-refractivity contribution is 7.98. The van der Waals surface area contributed by atoms with Gasteiger partial charge in [-0.25, -0.2) is 4.79 Å². The van der Waals surface area contributed by atoms with Crippen molar-refractivity contribution in [3.05, 3.63) is 93.0 Å². The fourth-order valence-electron chi connectivity index (χ4n) is 3.12. The van der Waals surface area contributed by atoms with E-state index in [1.165, 1.54) is 49.2 Å².